The molecule has 0 aliphatic rings. The quantitative estimate of drug-likeness (QED) is 0.575. The largest absolute Gasteiger partial charge is 0.456 e. The molecule has 2 aromatic carbocycles. The van der Waals surface area contributed by atoms with Gasteiger partial charge in [0.15, 0.2) is 0 Å². The molecule has 7 heteroatoms. The molecule has 0 saturated heterocycles. The fraction of sp³-hybridized carbons (Fsp3) is 0.200. The number of hydrogen-bond acceptors (Lipinski definition) is 4. The first-order valence-electron chi connectivity index (χ1n) is 6.54. The first-order valence-corrected chi connectivity index (χ1v) is 7.30. The summed E-state index contributed by atoms with van der Waals surface area (Å²) < 4.78 is 5.67. The van der Waals surface area contributed by atoms with Crippen LogP contribution in [0.4, 0.5) is 11.4 Å². The molecule has 0 radical (unpaired) electrons. The summed E-state index contributed by atoms with van der Waals surface area (Å²) in [5.74, 6) is 0.869. The van der Waals surface area contributed by atoms with E-state index in [1.54, 1.807) is 24.3 Å². The zero-order chi connectivity index (χ0) is 16.3. The third kappa shape index (κ3) is 4.02. The highest BCUT2D eigenvalue weighted by molar-refractivity contribution is 6.35. The lowest BCUT2D eigenvalue weighted by Gasteiger charge is -2.13. The zero-order valence-electron chi connectivity index (χ0n) is 12.0. The molecule has 2 rings (SSSR count). The van der Waals surface area contributed by atoms with Crippen molar-refractivity contribution < 1.29 is 9.66 Å². The molecule has 116 valence electrons. The lowest BCUT2D eigenvalue weighted by Crippen LogP contribution is -2.11. The number of hydrogen-bond donors (Lipinski definition) is 1. The van der Waals surface area contributed by atoms with Crippen molar-refractivity contribution in [2.45, 2.75) is 19.9 Å². The van der Waals surface area contributed by atoms with E-state index in [0.29, 0.717) is 27.2 Å². The predicted octanol–water partition coefficient (Wildman–Crippen LogP) is 5.51. The van der Waals surface area contributed by atoms with Crippen molar-refractivity contribution in [1.29, 1.82) is 0 Å². The number of halogens is 2. The SMILES string of the molecule is CC(C)Nc1cc(Oc2ccc(Cl)cc2Cl)ccc1[N+](=O)[O-]. The Balaban J connectivity index is 2.33. The van der Waals surface area contributed by atoms with Crippen LogP contribution in [0.2, 0.25) is 10.0 Å². The topological polar surface area (TPSA) is 64.4 Å². The minimum absolute atomic E-state index is 0.0109. The molecule has 5 nitrogen and oxygen atoms in total. The molecule has 22 heavy (non-hydrogen) atoms. The highest BCUT2D eigenvalue weighted by atomic mass is 35.5. The standard InChI is InChI=1S/C15H14Cl2N2O3/c1-9(2)18-13-8-11(4-5-14(13)19(20)21)22-15-6-3-10(16)7-12(15)17/h3-9,18H,1-2H3. The monoisotopic (exact) mass is 340 g/mol. The van der Waals surface area contributed by atoms with Crippen molar-refractivity contribution in [3.63, 3.8) is 0 Å². The van der Waals surface area contributed by atoms with Gasteiger partial charge in [0.2, 0.25) is 0 Å². The van der Waals surface area contributed by atoms with Gasteiger partial charge in [0, 0.05) is 23.2 Å². The van der Waals surface area contributed by atoms with Crippen molar-refractivity contribution in [3.05, 3.63) is 56.6 Å². The molecular formula is C15H14Cl2N2O3. The van der Waals surface area contributed by atoms with Crippen molar-refractivity contribution in [2.75, 3.05) is 5.32 Å². The van der Waals surface area contributed by atoms with Gasteiger partial charge in [-0.25, -0.2) is 0 Å². The van der Waals surface area contributed by atoms with Gasteiger partial charge in [0.1, 0.15) is 17.2 Å². The summed E-state index contributed by atoms with van der Waals surface area (Å²) in [6, 6.07) is 9.40. The van der Waals surface area contributed by atoms with Crippen molar-refractivity contribution >= 4 is 34.6 Å². The van der Waals surface area contributed by atoms with Gasteiger partial charge < -0.3 is 10.1 Å². The number of nitrogens with one attached hydrogen (secondary N) is 1. The zero-order valence-corrected chi connectivity index (χ0v) is 13.5. The maximum atomic E-state index is 11.1. The van der Waals surface area contributed by atoms with E-state index in [4.69, 9.17) is 27.9 Å². The Morgan fingerprint density at radius 3 is 2.50 bits per heavy atom. The highest BCUT2D eigenvalue weighted by Crippen LogP contribution is 2.35. The molecule has 1 N–H and O–H groups in total. The van der Waals surface area contributed by atoms with Crippen molar-refractivity contribution in [3.8, 4) is 11.5 Å². The summed E-state index contributed by atoms with van der Waals surface area (Å²) >= 11 is 11.9. The summed E-state index contributed by atoms with van der Waals surface area (Å²) in [7, 11) is 0. The number of ether oxygens (including phenoxy) is 1. The number of anilines is 1. The molecule has 0 heterocycles. The third-order valence-electron chi connectivity index (χ3n) is 2.73. The molecule has 0 aliphatic heterocycles. The number of rotatable bonds is 5. The predicted molar refractivity (Wildman–Crippen MR) is 88.4 cm³/mol. The first-order chi connectivity index (χ1) is 10.4. The van der Waals surface area contributed by atoms with Gasteiger partial charge in [0.05, 0.1) is 9.95 Å². The molecule has 0 amide bonds. The van der Waals surface area contributed by atoms with E-state index in [2.05, 4.69) is 5.32 Å². The number of nitro benzene ring substituents is 1. The maximum absolute atomic E-state index is 11.1. The average molecular weight is 341 g/mol. The van der Waals surface area contributed by atoms with E-state index in [-0.39, 0.29) is 11.7 Å². The molecule has 0 aliphatic carbocycles. The Bertz CT molecular complexity index is 705. The number of benzene rings is 2. The van der Waals surface area contributed by atoms with Gasteiger partial charge in [-0.3, -0.25) is 10.1 Å². The van der Waals surface area contributed by atoms with Gasteiger partial charge in [-0.15, -0.1) is 0 Å². The molecule has 0 spiro atoms. The number of nitrogens with zero attached hydrogens (tertiary/aromatic N) is 1. The second kappa shape index (κ2) is 6.85. The summed E-state index contributed by atoms with van der Waals surface area (Å²) in [4.78, 5) is 10.6. The summed E-state index contributed by atoms with van der Waals surface area (Å²) in [5.41, 5.74) is 0.380. The van der Waals surface area contributed by atoms with Crippen LogP contribution in [0.1, 0.15) is 13.8 Å². The van der Waals surface area contributed by atoms with E-state index >= 15 is 0 Å². The summed E-state index contributed by atoms with van der Waals surface area (Å²) in [5, 5.41) is 15.0. The van der Waals surface area contributed by atoms with E-state index in [1.807, 2.05) is 13.8 Å². The minimum Gasteiger partial charge on any atom is -0.456 e. The number of nitro groups is 1. The Hall–Kier alpha value is -1.98. The minimum atomic E-state index is -0.441. The Morgan fingerprint density at radius 1 is 1.18 bits per heavy atom. The van der Waals surface area contributed by atoms with E-state index in [1.165, 1.54) is 12.1 Å². The van der Waals surface area contributed by atoms with Crippen molar-refractivity contribution in [2.24, 2.45) is 0 Å². The second-order valence-corrected chi connectivity index (χ2v) is 5.76. The first kappa shape index (κ1) is 16.4. The Kier molecular flexibility index (Phi) is 5.11. The van der Waals surface area contributed by atoms with Crippen LogP contribution in [0.5, 0.6) is 11.5 Å². The van der Waals surface area contributed by atoms with E-state index in [9.17, 15) is 10.1 Å². The van der Waals surface area contributed by atoms with Crippen LogP contribution in [-0.4, -0.2) is 11.0 Å². The van der Waals surface area contributed by atoms with Crippen LogP contribution >= 0.6 is 23.2 Å². The van der Waals surface area contributed by atoms with Crippen LogP contribution in [-0.2, 0) is 0 Å². The second-order valence-electron chi connectivity index (χ2n) is 4.91. The van der Waals surface area contributed by atoms with Crippen LogP contribution in [0.3, 0.4) is 0 Å². The molecule has 0 aromatic heterocycles. The summed E-state index contributed by atoms with van der Waals surface area (Å²) in [6.45, 7) is 3.79. The highest BCUT2D eigenvalue weighted by Gasteiger charge is 2.16. The van der Waals surface area contributed by atoms with Gasteiger partial charge in [-0.05, 0) is 38.1 Å². The lowest BCUT2D eigenvalue weighted by atomic mass is 10.2. The fourth-order valence-electron chi connectivity index (χ4n) is 1.85. The third-order valence-corrected chi connectivity index (χ3v) is 3.26. The molecule has 0 atom stereocenters. The average Bonchev–Trinajstić information content (AvgIpc) is 2.41. The molecule has 0 fully saturated rings. The van der Waals surface area contributed by atoms with Crippen LogP contribution < -0.4 is 10.1 Å². The van der Waals surface area contributed by atoms with Gasteiger partial charge in [0.25, 0.3) is 5.69 Å². The van der Waals surface area contributed by atoms with Crippen LogP contribution in [0.25, 0.3) is 0 Å². The normalized spacial score (nSPS) is 10.6. The molecule has 0 unspecified atom stereocenters. The molecule has 2 aromatic rings. The summed E-state index contributed by atoms with van der Waals surface area (Å²) in [6.07, 6.45) is 0. The lowest BCUT2D eigenvalue weighted by molar-refractivity contribution is -0.384. The van der Waals surface area contributed by atoms with Crippen molar-refractivity contribution in [1.82, 2.24) is 0 Å². The van der Waals surface area contributed by atoms with E-state index < -0.39 is 4.92 Å². The van der Waals surface area contributed by atoms with Gasteiger partial charge in [-0.1, -0.05) is 23.2 Å². The smallest absolute Gasteiger partial charge is 0.292 e. The maximum Gasteiger partial charge on any atom is 0.292 e. The van der Waals surface area contributed by atoms with Gasteiger partial charge >= 0.3 is 0 Å². The fourth-order valence-corrected chi connectivity index (χ4v) is 2.30. The van der Waals surface area contributed by atoms with Crippen LogP contribution in [0.15, 0.2) is 36.4 Å². The molecule has 0 saturated carbocycles. The Labute approximate surface area is 138 Å². The molecule has 0 bridgehead atoms. The van der Waals surface area contributed by atoms with Gasteiger partial charge in [-0.2, -0.15) is 0 Å². The molecular weight excluding hydrogens is 327 g/mol. The van der Waals surface area contributed by atoms with Crippen LogP contribution in [0, 0.1) is 10.1 Å². The Morgan fingerprint density at radius 2 is 1.91 bits per heavy atom. The van der Waals surface area contributed by atoms with E-state index in [0.717, 1.165) is 0 Å².